The number of carbonyl (C=O) groups is 2. The van der Waals surface area contributed by atoms with E-state index in [0.29, 0.717) is 11.6 Å². The van der Waals surface area contributed by atoms with Gasteiger partial charge in [-0.1, -0.05) is 66.4 Å². The Morgan fingerprint density at radius 3 is 2.41 bits per heavy atom. The van der Waals surface area contributed by atoms with E-state index in [2.05, 4.69) is 27.4 Å². The molecular formula is C21H21N5O2S. The molecule has 0 aliphatic carbocycles. The number of nitrogens with one attached hydrogen (secondary N) is 2. The maximum atomic E-state index is 12.1. The first-order chi connectivity index (χ1) is 14.2. The van der Waals surface area contributed by atoms with E-state index in [4.69, 9.17) is 0 Å². The number of amides is 3. The summed E-state index contributed by atoms with van der Waals surface area (Å²) in [7, 11) is 0. The van der Waals surface area contributed by atoms with Gasteiger partial charge in [-0.05, 0) is 17.7 Å². The standard InChI is InChI=1S/C21H21N5O2S/c1-2-13-22-20(28)23-19(27)15-29-21-25-24-18(14-16-9-5-3-6-10-16)26(21)17-11-7-4-8-12-17/h2-12H,1,13-15H2,(H2,22,23,27,28). The van der Waals surface area contributed by atoms with Gasteiger partial charge in [0, 0.05) is 18.7 Å². The second kappa shape index (κ2) is 10.2. The lowest BCUT2D eigenvalue weighted by molar-refractivity contribution is -0.117. The lowest BCUT2D eigenvalue weighted by Crippen LogP contribution is -2.40. The molecule has 2 N–H and O–H groups in total. The molecule has 3 amide bonds. The van der Waals surface area contributed by atoms with Crippen molar-refractivity contribution < 1.29 is 9.59 Å². The Balaban J connectivity index is 1.75. The van der Waals surface area contributed by atoms with Crippen LogP contribution in [0.4, 0.5) is 4.79 Å². The van der Waals surface area contributed by atoms with E-state index < -0.39 is 11.9 Å². The molecule has 0 spiro atoms. The summed E-state index contributed by atoms with van der Waals surface area (Å²) < 4.78 is 1.93. The van der Waals surface area contributed by atoms with E-state index in [1.807, 2.05) is 65.2 Å². The topological polar surface area (TPSA) is 88.9 Å². The van der Waals surface area contributed by atoms with Gasteiger partial charge in [0.1, 0.15) is 5.82 Å². The third-order valence-corrected chi connectivity index (χ3v) is 4.84. The maximum Gasteiger partial charge on any atom is 0.321 e. The van der Waals surface area contributed by atoms with Crippen molar-refractivity contribution in [2.24, 2.45) is 0 Å². The van der Waals surface area contributed by atoms with Gasteiger partial charge in [-0.3, -0.25) is 14.7 Å². The maximum absolute atomic E-state index is 12.1. The summed E-state index contributed by atoms with van der Waals surface area (Å²) in [6.45, 7) is 3.80. The van der Waals surface area contributed by atoms with Crippen LogP contribution in [0.15, 0.2) is 78.5 Å². The predicted octanol–water partition coefficient (Wildman–Crippen LogP) is 2.96. The molecule has 0 aliphatic rings. The summed E-state index contributed by atoms with van der Waals surface area (Å²) in [5, 5.41) is 14.0. The predicted molar refractivity (Wildman–Crippen MR) is 113 cm³/mol. The third-order valence-electron chi connectivity index (χ3n) is 3.91. The molecule has 1 heterocycles. The summed E-state index contributed by atoms with van der Waals surface area (Å²) in [6.07, 6.45) is 2.15. The molecule has 8 heteroatoms. The number of para-hydroxylation sites is 1. The number of carbonyl (C=O) groups excluding carboxylic acids is 2. The molecule has 2 aromatic carbocycles. The van der Waals surface area contributed by atoms with Crippen molar-refractivity contribution in [3.8, 4) is 5.69 Å². The number of rotatable bonds is 8. The van der Waals surface area contributed by atoms with E-state index in [0.717, 1.165) is 17.1 Å². The highest BCUT2D eigenvalue weighted by Gasteiger charge is 2.17. The molecule has 0 aliphatic heterocycles. The zero-order chi connectivity index (χ0) is 20.5. The minimum absolute atomic E-state index is 0.0395. The van der Waals surface area contributed by atoms with E-state index in [1.54, 1.807) is 0 Å². The van der Waals surface area contributed by atoms with Gasteiger partial charge in [0.25, 0.3) is 0 Å². The second-order valence-corrected chi connectivity index (χ2v) is 7.01. The molecule has 0 fully saturated rings. The van der Waals surface area contributed by atoms with Gasteiger partial charge in [0.15, 0.2) is 5.16 Å². The van der Waals surface area contributed by atoms with Gasteiger partial charge in [-0.15, -0.1) is 16.8 Å². The monoisotopic (exact) mass is 407 g/mol. The summed E-state index contributed by atoms with van der Waals surface area (Å²) in [4.78, 5) is 23.6. The summed E-state index contributed by atoms with van der Waals surface area (Å²) in [5.74, 6) is 0.399. The Morgan fingerprint density at radius 2 is 1.72 bits per heavy atom. The number of aromatic nitrogens is 3. The molecule has 7 nitrogen and oxygen atoms in total. The second-order valence-electron chi connectivity index (χ2n) is 6.07. The van der Waals surface area contributed by atoms with Crippen molar-refractivity contribution >= 4 is 23.7 Å². The molecule has 29 heavy (non-hydrogen) atoms. The van der Waals surface area contributed by atoms with Gasteiger partial charge in [0.05, 0.1) is 5.75 Å². The van der Waals surface area contributed by atoms with E-state index in [1.165, 1.54) is 17.8 Å². The SMILES string of the molecule is C=CCNC(=O)NC(=O)CSc1nnc(Cc2ccccc2)n1-c1ccccc1. The van der Waals surface area contributed by atoms with Gasteiger partial charge < -0.3 is 5.32 Å². The molecule has 1 aromatic heterocycles. The number of thioether (sulfide) groups is 1. The Labute approximate surface area is 173 Å². The van der Waals surface area contributed by atoms with Crippen molar-refractivity contribution in [1.82, 2.24) is 25.4 Å². The summed E-state index contributed by atoms with van der Waals surface area (Å²) in [6, 6.07) is 19.2. The first-order valence-electron chi connectivity index (χ1n) is 9.02. The quantitative estimate of drug-likeness (QED) is 0.443. The van der Waals surface area contributed by atoms with Crippen LogP contribution >= 0.6 is 11.8 Å². The molecule has 0 bridgehead atoms. The third kappa shape index (κ3) is 5.79. The minimum atomic E-state index is -0.551. The molecule has 0 atom stereocenters. The summed E-state index contributed by atoms with van der Waals surface area (Å²) in [5.41, 5.74) is 2.03. The van der Waals surface area contributed by atoms with E-state index in [9.17, 15) is 9.59 Å². The zero-order valence-corrected chi connectivity index (χ0v) is 16.6. The smallest absolute Gasteiger partial charge is 0.321 e. The Bertz CT molecular complexity index is 973. The van der Waals surface area contributed by atoms with Crippen LogP contribution in [0, 0.1) is 0 Å². The fourth-order valence-corrected chi connectivity index (χ4v) is 3.40. The van der Waals surface area contributed by atoms with E-state index in [-0.39, 0.29) is 12.3 Å². The van der Waals surface area contributed by atoms with Crippen molar-refractivity contribution in [2.75, 3.05) is 12.3 Å². The lowest BCUT2D eigenvalue weighted by Gasteiger charge is -2.10. The van der Waals surface area contributed by atoms with Crippen molar-refractivity contribution in [3.63, 3.8) is 0 Å². The number of hydrogen-bond donors (Lipinski definition) is 2. The normalized spacial score (nSPS) is 10.3. The molecular weight excluding hydrogens is 386 g/mol. The molecule has 148 valence electrons. The van der Waals surface area contributed by atoms with Crippen LogP contribution in [0.3, 0.4) is 0 Å². The van der Waals surface area contributed by atoms with Crippen LogP contribution in [0.5, 0.6) is 0 Å². The highest BCUT2D eigenvalue weighted by atomic mass is 32.2. The molecule has 0 saturated carbocycles. The minimum Gasteiger partial charge on any atom is -0.334 e. The van der Waals surface area contributed by atoms with E-state index >= 15 is 0 Å². The number of nitrogens with zero attached hydrogens (tertiary/aromatic N) is 3. The molecule has 3 rings (SSSR count). The fraction of sp³-hybridized carbons (Fsp3) is 0.143. The van der Waals surface area contributed by atoms with Gasteiger partial charge in [0.2, 0.25) is 5.91 Å². The van der Waals surface area contributed by atoms with Crippen LogP contribution in [-0.2, 0) is 11.2 Å². The first kappa shape index (κ1) is 20.3. The van der Waals surface area contributed by atoms with Gasteiger partial charge >= 0.3 is 6.03 Å². The van der Waals surface area contributed by atoms with Crippen molar-refractivity contribution in [3.05, 3.63) is 84.7 Å². The molecule has 3 aromatic rings. The highest BCUT2D eigenvalue weighted by Crippen LogP contribution is 2.23. The van der Waals surface area contributed by atoms with Gasteiger partial charge in [-0.2, -0.15) is 0 Å². The fourth-order valence-electron chi connectivity index (χ4n) is 2.62. The number of benzene rings is 2. The molecule has 0 saturated heterocycles. The number of imide groups is 1. The Kier molecular flexibility index (Phi) is 7.18. The van der Waals surface area contributed by atoms with Gasteiger partial charge in [-0.25, -0.2) is 4.79 Å². The average molecular weight is 407 g/mol. The largest absolute Gasteiger partial charge is 0.334 e. The average Bonchev–Trinajstić information content (AvgIpc) is 3.14. The Hall–Kier alpha value is -3.39. The highest BCUT2D eigenvalue weighted by molar-refractivity contribution is 7.99. The van der Waals surface area contributed by atoms with Crippen LogP contribution in [0.25, 0.3) is 5.69 Å². The van der Waals surface area contributed by atoms with Crippen molar-refractivity contribution in [2.45, 2.75) is 11.6 Å². The number of hydrogen-bond acceptors (Lipinski definition) is 5. The Morgan fingerprint density at radius 1 is 1.03 bits per heavy atom. The van der Waals surface area contributed by atoms with Crippen molar-refractivity contribution in [1.29, 1.82) is 0 Å². The lowest BCUT2D eigenvalue weighted by atomic mass is 10.1. The molecule has 0 radical (unpaired) electrons. The molecule has 0 unspecified atom stereocenters. The van der Waals surface area contributed by atoms with Crippen LogP contribution in [0.1, 0.15) is 11.4 Å². The van der Waals surface area contributed by atoms with Crippen LogP contribution < -0.4 is 10.6 Å². The van der Waals surface area contributed by atoms with Crippen LogP contribution in [0.2, 0.25) is 0 Å². The first-order valence-corrected chi connectivity index (χ1v) is 10.0. The zero-order valence-electron chi connectivity index (χ0n) is 15.7. The summed E-state index contributed by atoms with van der Waals surface area (Å²) >= 11 is 1.22. The number of urea groups is 1. The van der Waals surface area contributed by atoms with Crippen LogP contribution in [-0.4, -0.2) is 39.0 Å².